The molecule has 1 aliphatic rings. The number of aliphatic hydroxyl groups excluding tert-OH is 1. The largest absolute Gasteiger partial charge is 0.480 e. The van der Waals surface area contributed by atoms with Gasteiger partial charge >= 0.3 is 5.97 Å². The Hall–Kier alpha value is -1.73. The highest BCUT2D eigenvalue weighted by Gasteiger charge is 2.40. The first-order valence-corrected chi connectivity index (χ1v) is 6.05. The molecule has 0 bridgehead atoms. The van der Waals surface area contributed by atoms with Crippen molar-refractivity contribution < 1.29 is 28.6 Å². The molecule has 20 heavy (non-hydrogen) atoms. The summed E-state index contributed by atoms with van der Waals surface area (Å²) < 4.78 is 27.0. The van der Waals surface area contributed by atoms with E-state index in [1.807, 2.05) is 0 Å². The summed E-state index contributed by atoms with van der Waals surface area (Å²) in [6.07, 6.45) is -1.17. The molecule has 1 heterocycles. The number of carbonyl (C=O) groups excluding carboxylic acids is 1. The molecule has 2 atom stereocenters. The topological polar surface area (TPSA) is 77.8 Å². The van der Waals surface area contributed by atoms with Crippen molar-refractivity contribution >= 4 is 23.5 Å². The molecule has 0 radical (unpaired) electrons. The number of carboxylic acid groups (broad SMARTS) is 1. The fraction of sp³-hybridized carbons (Fsp3) is 0.333. The van der Waals surface area contributed by atoms with Crippen LogP contribution in [0.25, 0.3) is 0 Å². The number of rotatable bonds is 2. The zero-order valence-corrected chi connectivity index (χ0v) is 10.8. The summed E-state index contributed by atoms with van der Waals surface area (Å²) in [5, 5.41) is 17.9. The molecule has 1 fully saturated rings. The van der Waals surface area contributed by atoms with Gasteiger partial charge in [0.15, 0.2) is 0 Å². The molecule has 2 rings (SSSR count). The fourth-order valence-electron chi connectivity index (χ4n) is 2.11. The van der Waals surface area contributed by atoms with Gasteiger partial charge in [0.1, 0.15) is 17.7 Å². The van der Waals surface area contributed by atoms with Gasteiger partial charge in [-0.05, 0) is 12.1 Å². The Morgan fingerprint density at radius 3 is 2.55 bits per heavy atom. The minimum Gasteiger partial charge on any atom is -0.480 e. The maximum atomic E-state index is 13.7. The highest BCUT2D eigenvalue weighted by molar-refractivity contribution is 6.30. The Bertz CT molecular complexity index is 581. The van der Waals surface area contributed by atoms with E-state index in [1.165, 1.54) is 0 Å². The number of hydrogen-bond acceptors (Lipinski definition) is 3. The minimum atomic E-state index is -1.32. The normalized spacial score (nSPS) is 22.1. The molecular weight excluding hydrogens is 296 g/mol. The van der Waals surface area contributed by atoms with Crippen molar-refractivity contribution in [2.75, 3.05) is 6.54 Å². The first kappa shape index (κ1) is 14.7. The number of hydrogen-bond donors (Lipinski definition) is 2. The van der Waals surface area contributed by atoms with E-state index in [0.29, 0.717) is 12.1 Å². The van der Waals surface area contributed by atoms with Crippen LogP contribution in [0.15, 0.2) is 12.1 Å². The van der Waals surface area contributed by atoms with E-state index in [0.717, 1.165) is 4.90 Å². The van der Waals surface area contributed by atoms with Crippen molar-refractivity contribution in [2.45, 2.75) is 18.6 Å². The Labute approximate surface area is 117 Å². The average Bonchev–Trinajstić information content (AvgIpc) is 2.75. The van der Waals surface area contributed by atoms with Gasteiger partial charge in [0.05, 0.1) is 16.7 Å². The first-order chi connectivity index (χ1) is 9.31. The monoisotopic (exact) mass is 305 g/mol. The van der Waals surface area contributed by atoms with E-state index in [1.54, 1.807) is 0 Å². The van der Waals surface area contributed by atoms with Crippen LogP contribution in [-0.2, 0) is 4.79 Å². The number of carbonyl (C=O) groups is 2. The van der Waals surface area contributed by atoms with Gasteiger partial charge in [0.2, 0.25) is 0 Å². The summed E-state index contributed by atoms with van der Waals surface area (Å²) in [5.74, 6) is -4.35. The van der Waals surface area contributed by atoms with Crippen LogP contribution >= 0.6 is 11.6 Å². The van der Waals surface area contributed by atoms with Crippen LogP contribution in [0.5, 0.6) is 0 Å². The van der Waals surface area contributed by atoms with Crippen LogP contribution in [0, 0.1) is 11.6 Å². The highest BCUT2D eigenvalue weighted by atomic mass is 35.5. The van der Waals surface area contributed by atoms with Crippen LogP contribution < -0.4 is 0 Å². The van der Waals surface area contributed by atoms with Crippen LogP contribution in [0.2, 0.25) is 5.02 Å². The molecule has 0 spiro atoms. The van der Waals surface area contributed by atoms with E-state index >= 15 is 0 Å². The Kier molecular flexibility index (Phi) is 3.92. The van der Waals surface area contributed by atoms with Crippen LogP contribution in [0.4, 0.5) is 8.78 Å². The molecule has 1 aromatic rings. The number of amides is 1. The second-order valence-electron chi connectivity index (χ2n) is 4.45. The predicted octanol–water partition coefficient (Wildman–Crippen LogP) is 1.28. The molecule has 8 heteroatoms. The zero-order chi connectivity index (χ0) is 15.0. The number of likely N-dealkylation sites (tertiary alicyclic amines) is 1. The van der Waals surface area contributed by atoms with Crippen LogP contribution in [0.1, 0.15) is 16.8 Å². The van der Waals surface area contributed by atoms with E-state index < -0.39 is 46.2 Å². The minimum absolute atomic E-state index is 0.154. The van der Waals surface area contributed by atoms with Crippen molar-refractivity contribution in [3.05, 3.63) is 34.4 Å². The lowest BCUT2D eigenvalue weighted by Gasteiger charge is -2.21. The second kappa shape index (κ2) is 5.34. The Balaban J connectivity index is 2.36. The van der Waals surface area contributed by atoms with Gasteiger partial charge in [0.25, 0.3) is 5.91 Å². The first-order valence-electron chi connectivity index (χ1n) is 5.67. The SMILES string of the molecule is O=C(O)[C@@H]1C[C@H](O)CN1C(=O)c1cc(F)c(Cl)cc1F. The standard InChI is InChI=1S/C12H10ClF2NO4/c13-7-3-8(14)6(2-9(7)15)11(18)16-4-5(17)1-10(16)12(19)20/h2-3,5,10,17H,1,4H2,(H,19,20)/t5-,10-/m0/s1. The molecule has 0 saturated carbocycles. The molecule has 2 N–H and O–H groups in total. The van der Waals surface area contributed by atoms with Crippen LogP contribution in [-0.4, -0.2) is 45.7 Å². The lowest BCUT2D eigenvalue weighted by Crippen LogP contribution is -2.41. The van der Waals surface area contributed by atoms with Crippen molar-refractivity contribution in [1.82, 2.24) is 4.90 Å². The lowest BCUT2D eigenvalue weighted by atomic mass is 10.1. The van der Waals surface area contributed by atoms with Crippen molar-refractivity contribution in [3.63, 3.8) is 0 Å². The molecule has 5 nitrogen and oxygen atoms in total. The maximum Gasteiger partial charge on any atom is 0.326 e. The molecule has 0 aromatic heterocycles. The van der Waals surface area contributed by atoms with E-state index in [9.17, 15) is 23.5 Å². The van der Waals surface area contributed by atoms with Gasteiger partial charge in [0, 0.05) is 13.0 Å². The summed E-state index contributed by atoms with van der Waals surface area (Å²) in [6.45, 7) is -0.251. The van der Waals surface area contributed by atoms with Crippen LogP contribution in [0.3, 0.4) is 0 Å². The third-order valence-corrected chi connectivity index (χ3v) is 3.35. The predicted molar refractivity (Wildman–Crippen MR) is 64.5 cm³/mol. The highest BCUT2D eigenvalue weighted by Crippen LogP contribution is 2.25. The van der Waals surface area contributed by atoms with Crippen molar-refractivity contribution in [1.29, 1.82) is 0 Å². The average molecular weight is 306 g/mol. The number of aliphatic hydroxyl groups is 1. The van der Waals surface area contributed by atoms with Crippen molar-refractivity contribution in [3.8, 4) is 0 Å². The summed E-state index contributed by atoms with van der Waals surface area (Å²) in [5.41, 5.74) is -0.618. The quantitative estimate of drug-likeness (QED) is 0.807. The van der Waals surface area contributed by atoms with E-state index in [-0.39, 0.29) is 13.0 Å². The molecule has 108 valence electrons. The van der Waals surface area contributed by atoms with Crippen molar-refractivity contribution in [2.24, 2.45) is 0 Å². The van der Waals surface area contributed by atoms with Gasteiger partial charge < -0.3 is 15.1 Å². The third-order valence-electron chi connectivity index (χ3n) is 3.07. The molecule has 1 saturated heterocycles. The maximum absolute atomic E-state index is 13.7. The summed E-state index contributed by atoms with van der Waals surface area (Å²) in [7, 11) is 0. The molecule has 0 aliphatic carbocycles. The van der Waals surface area contributed by atoms with Gasteiger partial charge in [-0.2, -0.15) is 0 Å². The molecule has 1 amide bonds. The number of benzene rings is 1. The van der Waals surface area contributed by atoms with Gasteiger partial charge in [-0.3, -0.25) is 4.79 Å². The smallest absolute Gasteiger partial charge is 0.326 e. The third kappa shape index (κ3) is 2.59. The summed E-state index contributed by atoms with van der Waals surface area (Å²) >= 11 is 5.38. The molecule has 0 unspecified atom stereocenters. The second-order valence-corrected chi connectivity index (χ2v) is 4.85. The molecule has 1 aromatic carbocycles. The number of β-amino-alcohol motifs (C(OH)–C–C–N with tert-alkyl or cyclic N) is 1. The number of nitrogens with zero attached hydrogens (tertiary/aromatic N) is 1. The van der Waals surface area contributed by atoms with Gasteiger partial charge in [-0.1, -0.05) is 11.6 Å². The van der Waals surface area contributed by atoms with E-state index in [4.69, 9.17) is 16.7 Å². The number of halogens is 3. The summed E-state index contributed by atoms with van der Waals surface area (Å²) in [4.78, 5) is 23.9. The Morgan fingerprint density at radius 1 is 1.30 bits per heavy atom. The zero-order valence-electron chi connectivity index (χ0n) is 10.0. The fourth-order valence-corrected chi connectivity index (χ4v) is 2.26. The van der Waals surface area contributed by atoms with Gasteiger partial charge in [-0.15, -0.1) is 0 Å². The lowest BCUT2D eigenvalue weighted by molar-refractivity contribution is -0.141. The Morgan fingerprint density at radius 2 is 1.95 bits per heavy atom. The number of carboxylic acids is 1. The van der Waals surface area contributed by atoms with Gasteiger partial charge in [-0.25, -0.2) is 13.6 Å². The molecular formula is C12H10ClF2NO4. The molecule has 1 aliphatic heterocycles. The van der Waals surface area contributed by atoms with E-state index in [2.05, 4.69) is 0 Å². The summed E-state index contributed by atoms with van der Waals surface area (Å²) in [6, 6.07) is -0.00800. The number of aliphatic carboxylic acids is 1.